The summed E-state index contributed by atoms with van der Waals surface area (Å²) >= 11 is 0. The lowest BCUT2D eigenvalue weighted by atomic mass is 10.1. The Morgan fingerprint density at radius 1 is 1.44 bits per heavy atom. The van der Waals surface area contributed by atoms with E-state index in [9.17, 15) is 0 Å². The minimum Gasteiger partial charge on any atom is -0.494 e. The molecule has 0 atom stereocenters. The summed E-state index contributed by atoms with van der Waals surface area (Å²) in [5.74, 6) is 0.877. The number of hydrogen-bond acceptors (Lipinski definition) is 3. The standard InChI is InChI=1S/C14H15N3O/c1-4-18-13-6-5-11(7-10(13)2)14-12(8-15)16-9-17(14)3/h5-7,9H,4H2,1-3H3. The average molecular weight is 241 g/mol. The van der Waals surface area contributed by atoms with Gasteiger partial charge in [0.15, 0.2) is 5.69 Å². The van der Waals surface area contributed by atoms with Crippen LogP contribution in [0.3, 0.4) is 0 Å². The molecule has 4 heteroatoms. The van der Waals surface area contributed by atoms with E-state index in [1.165, 1.54) is 0 Å². The van der Waals surface area contributed by atoms with Crippen molar-refractivity contribution in [1.82, 2.24) is 9.55 Å². The van der Waals surface area contributed by atoms with Gasteiger partial charge in [0.1, 0.15) is 11.8 Å². The molecule has 0 aliphatic rings. The van der Waals surface area contributed by atoms with Crippen molar-refractivity contribution in [2.24, 2.45) is 7.05 Å². The van der Waals surface area contributed by atoms with Crippen LogP contribution in [0.5, 0.6) is 5.75 Å². The molecule has 0 aliphatic heterocycles. The third-order valence-corrected chi connectivity index (χ3v) is 2.79. The number of aromatic nitrogens is 2. The van der Waals surface area contributed by atoms with Crippen molar-refractivity contribution in [3.8, 4) is 23.1 Å². The Morgan fingerprint density at radius 3 is 2.83 bits per heavy atom. The van der Waals surface area contributed by atoms with Gasteiger partial charge in [0, 0.05) is 12.6 Å². The fourth-order valence-electron chi connectivity index (χ4n) is 1.97. The number of nitriles is 1. The summed E-state index contributed by atoms with van der Waals surface area (Å²) in [7, 11) is 1.88. The van der Waals surface area contributed by atoms with Gasteiger partial charge in [-0.05, 0) is 37.6 Å². The first-order valence-corrected chi connectivity index (χ1v) is 5.82. The summed E-state index contributed by atoms with van der Waals surface area (Å²) < 4.78 is 7.36. The molecule has 0 unspecified atom stereocenters. The van der Waals surface area contributed by atoms with Gasteiger partial charge in [-0.15, -0.1) is 0 Å². The molecule has 1 aromatic heterocycles. The van der Waals surface area contributed by atoms with E-state index in [-0.39, 0.29) is 0 Å². The normalized spacial score (nSPS) is 10.1. The first kappa shape index (κ1) is 12.2. The maximum Gasteiger partial charge on any atom is 0.166 e. The van der Waals surface area contributed by atoms with Gasteiger partial charge in [-0.25, -0.2) is 4.98 Å². The molecule has 0 amide bonds. The van der Waals surface area contributed by atoms with Gasteiger partial charge in [-0.1, -0.05) is 0 Å². The molecule has 92 valence electrons. The Morgan fingerprint density at radius 2 is 2.22 bits per heavy atom. The molecule has 0 aliphatic carbocycles. The van der Waals surface area contributed by atoms with Gasteiger partial charge >= 0.3 is 0 Å². The molecule has 0 N–H and O–H groups in total. The predicted octanol–water partition coefficient (Wildman–Crippen LogP) is 2.67. The van der Waals surface area contributed by atoms with Crippen molar-refractivity contribution in [3.05, 3.63) is 35.8 Å². The van der Waals surface area contributed by atoms with Gasteiger partial charge in [0.25, 0.3) is 0 Å². The van der Waals surface area contributed by atoms with Crippen molar-refractivity contribution < 1.29 is 4.74 Å². The monoisotopic (exact) mass is 241 g/mol. The molecular weight excluding hydrogens is 226 g/mol. The number of nitrogens with zero attached hydrogens (tertiary/aromatic N) is 3. The highest BCUT2D eigenvalue weighted by atomic mass is 16.5. The third-order valence-electron chi connectivity index (χ3n) is 2.79. The Bertz CT molecular complexity index is 608. The largest absolute Gasteiger partial charge is 0.494 e. The van der Waals surface area contributed by atoms with Gasteiger partial charge in [0.05, 0.1) is 18.6 Å². The van der Waals surface area contributed by atoms with Crippen LogP contribution in [0.2, 0.25) is 0 Å². The minimum atomic E-state index is 0.445. The Balaban J connectivity index is 2.49. The number of aryl methyl sites for hydroxylation is 2. The Hall–Kier alpha value is -2.28. The molecule has 0 saturated carbocycles. The Labute approximate surface area is 106 Å². The second-order valence-electron chi connectivity index (χ2n) is 4.08. The number of rotatable bonds is 3. The zero-order chi connectivity index (χ0) is 13.1. The topological polar surface area (TPSA) is 50.8 Å². The lowest BCUT2D eigenvalue weighted by Crippen LogP contribution is -1.96. The number of hydrogen-bond donors (Lipinski definition) is 0. The van der Waals surface area contributed by atoms with Crippen LogP contribution in [0.1, 0.15) is 18.2 Å². The quantitative estimate of drug-likeness (QED) is 0.830. The van der Waals surface area contributed by atoms with Crippen LogP contribution in [0, 0.1) is 18.3 Å². The molecule has 2 rings (SSSR count). The lowest BCUT2D eigenvalue weighted by Gasteiger charge is -2.09. The van der Waals surface area contributed by atoms with E-state index >= 15 is 0 Å². The highest BCUT2D eigenvalue weighted by Crippen LogP contribution is 2.27. The van der Waals surface area contributed by atoms with E-state index in [1.807, 2.05) is 43.7 Å². The molecule has 18 heavy (non-hydrogen) atoms. The molecule has 1 heterocycles. The SMILES string of the molecule is CCOc1ccc(-c2c(C#N)ncn2C)cc1C. The molecule has 0 radical (unpaired) electrons. The van der Waals surface area contributed by atoms with Crippen LogP contribution in [0.25, 0.3) is 11.3 Å². The summed E-state index contributed by atoms with van der Waals surface area (Å²) in [6.45, 7) is 4.61. The van der Waals surface area contributed by atoms with Crippen LogP contribution in [-0.2, 0) is 7.05 Å². The van der Waals surface area contributed by atoms with E-state index in [0.717, 1.165) is 22.6 Å². The van der Waals surface area contributed by atoms with Crippen molar-refractivity contribution in [3.63, 3.8) is 0 Å². The first-order valence-electron chi connectivity index (χ1n) is 5.82. The summed E-state index contributed by atoms with van der Waals surface area (Å²) in [5, 5.41) is 9.05. The van der Waals surface area contributed by atoms with Crippen LogP contribution in [0.4, 0.5) is 0 Å². The van der Waals surface area contributed by atoms with Crippen molar-refractivity contribution in [1.29, 1.82) is 5.26 Å². The fraction of sp³-hybridized carbons (Fsp3) is 0.286. The first-order chi connectivity index (χ1) is 8.67. The van der Waals surface area contributed by atoms with Crippen molar-refractivity contribution in [2.45, 2.75) is 13.8 Å². The molecule has 0 saturated heterocycles. The zero-order valence-electron chi connectivity index (χ0n) is 10.8. The molecule has 0 bridgehead atoms. The molecule has 4 nitrogen and oxygen atoms in total. The lowest BCUT2D eigenvalue weighted by molar-refractivity contribution is 0.338. The van der Waals surface area contributed by atoms with Crippen LogP contribution >= 0.6 is 0 Å². The van der Waals surface area contributed by atoms with Crippen LogP contribution in [-0.4, -0.2) is 16.2 Å². The highest BCUT2D eigenvalue weighted by Gasteiger charge is 2.12. The van der Waals surface area contributed by atoms with Gasteiger partial charge < -0.3 is 9.30 Å². The summed E-state index contributed by atoms with van der Waals surface area (Å²) in [6, 6.07) is 8.01. The maximum atomic E-state index is 9.05. The third kappa shape index (κ3) is 2.07. The Kier molecular flexibility index (Phi) is 3.33. The van der Waals surface area contributed by atoms with Crippen molar-refractivity contribution >= 4 is 0 Å². The van der Waals surface area contributed by atoms with Crippen LogP contribution in [0.15, 0.2) is 24.5 Å². The summed E-state index contributed by atoms with van der Waals surface area (Å²) in [6.07, 6.45) is 1.65. The molecule has 1 aromatic carbocycles. The molecule has 0 fully saturated rings. The second kappa shape index (κ2) is 4.92. The molecule has 2 aromatic rings. The van der Waals surface area contributed by atoms with E-state index in [0.29, 0.717) is 12.3 Å². The highest BCUT2D eigenvalue weighted by molar-refractivity contribution is 5.67. The number of imidazole rings is 1. The van der Waals surface area contributed by atoms with E-state index < -0.39 is 0 Å². The van der Waals surface area contributed by atoms with Gasteiger partial charge in [-0.3, -0.25) is 0 Å². The van der Waals surface area contributed by atoms with E-state index in [1.54, 1.807) is 6.33 Å². The summed E-state index contributed by atoms with van der Waals surface area (Å²) in [5.41, 5.74) is 3.32. The minimum absolute atomic E-state index is 0.445. The molecule has 0 spiro atoms. The second-order valence-corrected chi connectivity index (χ2v) is 4.08. The molecular formula is C14H15N3O. The predicted molar refractivity (Wildman–Crippen MR) is 69.3 cm³/mol. The zero-order valence-corrected chi connectivity index (χ0v) is 10.8. The maximum absolute atomic E-state index is 9.05. The van der Waals surface area contributed by atoms with Gasteiger partial charge in [-0.2, -0.15) is 5.26 Å². The van der Waals surface area contributed by atoms with Crippen molar-refractivity contribution in [2.75, 3.05) is 6.61 Å². The van der Waals surface area contributed by atoms with E-state index in [2.05, 4.69) is 11.1 Å². The van der Waals surface area contributed by atoms with Gasteiger partial charge in [0.2, 0.25) is 0 Å². The van der Waals surface area contributed by atoms with Crippen LogP contribution < -0.4 is 4.74 Å². The fourth-order valence-corrected chi connectivity index (χ4v) is 1.97. The number of ether oxygens (including phenoxy) is 1. The number of benzene rings is 1. The summed E-state index contributed by atoms with van der Waals surface area (Å²) in [4.78, 5) is 4.07. The van der Waals surface area contributed by atoms with E-state index in [4.69, 9.17) is 10.00 Å². The average Bonchev–Trinajstić information content (AvgIpc) is 2.73. The smallest absolute Gasteiger partial charge is 0.166 e.